The van der Waals surface area contributed by atoms with Crippen LogP contribution < -0.4 is 4.90 Å². The quantitative estimate of drug-likeness (QED) is 0.794. The molecule has 0 radical (unpaired) electrons. The predicted octanol–water partition coefficient (Wildman–Crippen LogP) is 2.73. The van der Waals surface area contributed by atoms with Crippen LogP contribution in [0, 0.1) is 17.2 Å². The highest BCUT2D eigenvalue weighted by atomic mass is 16.6. The van der Waals surface area contributed by atoms with Crippen molar-refractivity contribution in [3.8, 4) is 6.07 Å². The molecule has 1 heterocycles. The molecule has 1 aliphatic heterocycles. The Morgan fingerprint density at radius 1 is 1.40 bits per heavy atom. The van der Waals surface area contributed by atoms with Crippen LogP contribution >= 0.6 is 0 Å². The molecular formula is C16H20N2O2. The van der Waals surface area contributed by atoms with Crippen molar-refractivity contribution in [1.82, 2.24) is 0 Å². The van der Waals surface area contributed by atoms with E-state index in [-0.39, 0.29) is 5.97 Å². The zero-order valence-corrected chi connectivity index (χ0v) is 12.2. The van der Waals surface area contributed by atoms with Gasteiger partial charge in [0.15, 0.2) is 0 Å². The highest BCUT2D eigenvalue weighted by Gasteiger charge is 2.31. The van der Waals surface area contributed by atoms with Crippen molar-refractivity contribution >= 4 is 11.7 Å². The topological polar surface area (TPSA) is 53.3 Å². The van der Waals surface area contributed by atoms with Gasteiger partial charge in [-0.2, -0.15) is 5.26 Å². The number of para-hydroxylation sites is 1. The van der Waals surface area contributed by atoms with Gasteiger partial charge in [0.1, 0.15) is 11.7 Å². The molecule has 1 aromatic rings. The van der Waals surface area contributed by atoms with Crippen LogP contribution in [0.25, 0.3) is 0 Å². The maximum absolute atomic E-state index is 11.7. The molecule has 0 aromatic heterocycles. The van der Waals surface area contributed by atoms with Gasteiger partial charge in [0.2, 0.25) is 0 Å². The molecule has 0 unspecified atom stereocenters. The van der Waals surface area contributed by atoms with E-state index < -0.39 is 5.60 Å². The fourth-order valence-electron chi connectivity index (χ4n) is 2.36. The molecule has 0 amide bonds. The normalized spacial score (nSPS) is 15.4. The Balaban J connectivity index is 1.86. The van der Waals surface area contributed by atoms with Gasteiger partial charge in [-0.05, 0) is 32.9 Å². The third-order valence-electron chi connectivity index (χ3n) is 3.20. The van der Waals surface area contributed by atoms with Crippen LogP contribution in [0.4, 0.5) is 5.69 Å². The van der Waals surface area contributed by atoms with E-state index in [1.807, 2.05) is 45.0 Å². The molecule has 106 valence electrons. The van der Waals surface area contributed by atoms with Crippen molar-refractivity contribution in [2.45, 2.75) is 32.8 Å². The number of hydrogen-bond acceptors (Lipinski definition) is 4. The van der Waals surface area contributed by atoms with Crippen LogP contribution in [0.2, 0.25) is 0 Å². The van der Waals surface area contributed by atoms with E-state index in [0.29, 0.717) is 17.9 Å². The second kappa shape index (κ2) is 5.54. The first kappa shape index (κ1) is 14.4. The number of carbonyl (C=O) groups excluding carboxylic acids is 1. The van der Waals surface area contributed by atoms with Gasteiger partial charge in [-0.15, -0.1) is 0 Å². The van der Waals surface area contributed by atoms with E-state index in [4.69, 9.17) is 10.00 Å². The smallest absolute Gasteiger partial charge is 0.306 e. The predicted molar refractivity (Wildman–Crippen MR) is 77.3 cm³/mol. The van der Waals surface area contributed by atoms with Crippen molar-refractivity contribution in [3.05, 3.63) is 29.8 Å². The van der Waals surface area contributed by atoms with E-state index in [2.05, 4.69) is 11.0 Å². The molecule has 1 aromatic carbocycles. The average Bonchev–Trinajstić information content (AvgIpc) is 2.31. The first-order chi connectivity index (χ1) is 9.39. The van der Waals surface area contributed by atoms with E-state index >= 15 is 0 Å². The maximum atomic E-state index is 11.7. The number of benzene rings is 1. The van der Waals surface area contributed by atoms with Crippen molar-refractivity contribution in [2.24, 2.45) is 5.92 Å². The van der Waals surface area contributed by atoms with Crippen LogP contribution in [0.3, 0.4) is 0 Å². The summed E-state index contributed by atoms with van der Waals surface area (Å²) >= 11 is 0. The van der Waals surface area contributed by atoms with E-state index in [0.717, 1.165) is 18.8 Å². The monoisotopic (exact) mass is 272 g/mol. The highest BCUT2D eigenvalue weighted by Crippen LogP contribution is 2.29. The van der Waals surface area contributed by atoms with Crippen LogP contribution in [0.1, 0.15) is 32.8 Å². The number of carbonyl (C=O) groups is 1. The van der Waals surface area contributed by atoms with Crippen LogP contribution in [-0.2, 0) is 9.53 Å². The minimum absolute atomic E-state index is 0.143. The number of esters is 1. The van der Waals surface area contributed by atoms with Gasteiger partial charge in [0.25, 0.3) is 0 Å². The minimum atomic E-state index is -0.423. The molecule has 0 aliphatic carbocycles. The van der Waals surface area contributed by atoms with Crippen molar-refractivity contribution in [1.29, 1.82) is 5.26 Å². The first-order valence-electron chi connectivity index (χ1n) is 6.85. The van der Waals surface area contributed by atoms with Crippen molar-refractivity contribution in [3.63, 3.8) is 0 Å². The Morgan fingerprint density at radius 3 is 2.65 bits per heavy atom. The fourth-order valence-corrected chi connectivity index (χ4v) is 2.36. The Labute approximate surface area is 120 Å². The van der Waals surface area contributed by atoms with E-state index in [1.165, 1.54) is 0 Å². The summed E-state index contributed by atoms with van der Waals surface area (Å²) in [6, 6.07) is 9.75. The molecule has 4 heteroatoms. The Bertz CT molecular complexity index is 534. The third kappa shape index (κ3) is 3.51. The summed E-state index contributed by atoms with van der Waals surface area (Å²) in [4.78, 5) is 13.9. The molecule has 1 fully saturated rings. The van der Waals surface area contributed by atoms with Gasteiger partial charge in [0.05, 0.1) is 17.7 Å². The molecule has 2 rings (SSSR count). The summed E-state index contributed by atoms with van der Waals surface area (Å²) in [6.07, 6.45) is 0.447. The summed E-state index contributed by atoms with van der Waals surface area (Å²) in [5.41, 5.74) is 1.21. The molecule has 0 atom stereocenters. The van der Waals surface area contributed by atoms with Crippen LogP contribution in [0.5, 0.6) is 0 Å². The number of nitriles is 1. The lowest BCUT2D eigenvalue weighted by molar-refractivity contribution is -0.156. The zero-order valence-electron chi connectivity index (χ0n) is 12.2. The number of hydrogen-bond donors (Lipinski definition) is 0. The van der Waals surface area contributed by atoms with Gasteiger partial charge in [0, 0.05) is 19.0 Å². The van der Waals surface area contributed by atoms with Crippen molar-refractivity contribution in [2.75, 3.05) is 18.0 Å². The van der Waals surface area contributed by atoms with E-state index in [1.54, 1.807) is 0 Å². The summed E-state index contributed by atoms with van der Waals surface area (Å²) in [5, 5.41) is 9.08. The number of anilines is 1. The van der Waals surface area contributed by atoms with Gasteiger partial charge in [-0.1, -0.05) is 12.1 Å². The van der Waals surface area contributed by atoms with Gasteiger partial charge in [-0.25, -0.2) is 0 Å². The highest BCUT2D eigenvalue weighted by molar-refractivity contribution is 5.71. The number of rotatable bonds is 3. The third-order valence-corrected chi connectivity index (χ3v) is 3.20. The van der Waals surface area contributed by atoms with Gasteiger partial charge < -0.3 is 9.64 Å². The summed E-state index contributed by atoms with van der Waals surface area (Å²) < 4.78 is 5.32. The molecule has 0 N–H and O–H groups in total. The number of nitrogens with zero attached hydrogens (tertiary/aromatic N) is 2. The molecule has 0 bridgehead atoms. The summed E-state index contributed by atoms with van der Waals surface area (Å²) in [7, 11) is 0. The van der Waals surface area contributed by atoms with Crippen LogP contribution in [-0.4, -0.2) is 24.7 Å². The molecule has 0 spiro atoms. The lowest BCUT2D eigenvalue weighted by Crippen LogP contribution is -2.48. The summed E-state index contributed by atoms with van der Waals surface area (Å²) in [6.45, 7) is 7.24. The van der Waals surface area contributed by atoms with Gasteiger partial charge in [-0.3, -0.25) is 4.79 Å². The van der Waals surface area contributed by atoms with Crippen molar-refractivity contribution < 1.29 is 9.53 Å². The minimum Gasteiger partial charge on any atom is -0.460 e. The van der Waals surface area contributed by atoms with E-state index in [9.17, 15) is 4.79 Å². The Kier molecular flexibility index (Phi) is 3.99. The van der Waals surface area contributed by atoms with Crippen LogP contribution in [0.15, 0.2) is 24.3 Å². The second-order valence-electron chi connectivity index (χ2n) is 6.19. The maximum Gasteiger partial charge on any atom is 0.306 e. The molecule has 1 saturated heterocycles. The lowest BCUT2D eigenvalue weighted by Gasteiger charge is -2.41. The largest absolute Gasteiger partial charge is 0.460 e. The summed E-state index contributed by atoms with van der Waals surface area (Å²) in [5.74, 6) is 0.173. The van der Waals surface area contributed by atoms with Gasteiger partial charge >= 0.3 is 5.97 Å². The average molecular weight is 272 g/mol. The SMILES string of the molecule is CC(C)(C)OC(=O)CC1CN(c2ccccc2C#N)C1. The Morgan fingerprint density at radius 2 is 2.05 bits per heavy atom. The first-order valence-corrected chi connectivity index (χ1v) is 6.85. The Hall–Kier alpha value is -2.02. The molecule has 0 saturated carbocycles. The lowest BCUT2D eigenvalue weighted by atomic mass is 9.94. The second-order valence-corrected chi connectivity index (χ2v) is 6.19. The molecule has 20 heavy (non-hydrogen) atoms. The standard InChI is InChI=1S/C16H20N2O2/c1-16(2,3)20-15(19)8-12-10-18(11-12)14-7-5-4-6-13(14)9-17/h4-7,12H,8,10-11H2,1-3H3. The molecular weight excluding hydrogens is 252 g/mol. The fraction of sp³-hybridized carbons (Fsp3) is 0.500. The molecule has 1 aliphatic rings. The zero-order chi connectivity index (χ0) is 14.8. The molecule has 4 nitrogen and oxygen atoms in total. The number of ether oxygens (including phenoxy) is 1.